The first-order valence-corrected chi connectivity index (χ1v) is 7.23. The Kier molecular flexibility index (Phi) is 4.25. The van der Waals surface area contributed by atoms with Crippen molar-refractivity contribution in [2.45, 2.75) is 33.7 Å². The molecular weight excluding hydrogens is 300 g/mol. The Balaban J connectivity index is 2.23. The standard InChI is InChI=1S/C16H19BrN2/c1-10-5-6-14(11(2)9-10)12(3)18-15-7-8-16(17)19-13(15)4/h5-9,12,18H,1-4H3. The lowest BCUT2D eigenvalue weighted by atomic mass is 10.00. The summed E-state index contributed by atoms with van der Waals surface area (Å²) in [6, 6.07) is 10.9. The zero-order valence-electron chi connectivity index (χ0n) is 11.8. The van der Waals surface area contributed by atoms with Crippen molar-refractivity contribution in [3.8, 4) is 0 Å². The molecule has 1 unspecified atom stereocenters. The van der Waals surface area contributed by atoms with E-state index < -0.39 is 0 Å². The van der Waals surface area contributed by atoms with E-state index in [1.54, 1.807) is 0 Å². The number of nitrogens with one attached hydrogen (secondary N) is 1. The van der Waals surface area contributed by atoms with Gasteiger partial charge in [-0.05, 0) is 66.9 Å². The maximum absolute atomic E-state index is 4.41. The number of nitrogens with zero attached hydrogens (tertiary/aromatic N) is 1. The molecule has 0 spiro atoms. The van der Waals surface area contributed by atoms with Crippen molar-refractivity contribution >= 4 is 21.6 Å². The van der Waals surface area contributed by atoms with Crippen LogP contribution in [0.15, 0.2) is 34.9 Å². The van der Waals surface area contributed by atoms with Crippen molar-refractivity contribution in [3.63, 3.8) is 0 Å². The summed E-state index contributed by atoms with van der Waals surface area (Å²) in [5.41, 5.74) is 6.03. The molecule has 0 aliphatic heterocycles. The van der Waals surface area contributed by atoms with E-state index in [9.17, 15) is 0 Å². The van der Waals surface area contributed by atoms with Crippen LogP contribution in [-0.4, -0.2) is 4.98 Å². The molecule has 0 aliphatic rings. The molecule has 0 saturated heterocycles. The summed E-state index contributed by atoms with van der Waals surface area (Å²) >= 11 is 3.39. The Morgan fingerprint density at radius 3 is 2.47 bits per heavy atom. The minimum atomic E-state index is 0.266. The number of aryl methyl sites for hydroxylation is 3. The van der Waals surface area contributed by atoms with Crippen LogP contribution < -0.4 is 5.32 Å². The van der Waals surface area contributed by atoms with Crippen LogP contribution in [0.1, 0.15) is 35.3 Å². The van der Waals surface area contributed by atoms with Crippen LogP contribution in [0.5, 0.6) is 0 Å². The van der Waals surface area contributed by atoms with Crippen LogP contribution in [0.4, 0.5) is 5.69 Å². The highest BCUT2D eigenvalue weighted by molar-refractivity contribution is 9.10. The lowest BCUT2D eigenvalue weighted by molar-refractivity contribution is 0.867. The Morgan fingerprint density at radius 1 is 1.11 bits per heavy atom. The van der Waals surface area contributed by atoms with Gasteiger partial charge in [0.25, 0.3) is 0 Å². The van der Waals surface area contributed by atoms with Crippen LogP contribution >= 0.6 is 15.9 Å². The van der Waals surface area contributed by atoms with Gasteiger partial charge in [-0.15, -0.1) is 0 Å². The van der Waals surface area contributed by atoms with E-state index in [1.165, 1.54) is 16.7 Å². The molecular formula is C16H19BrN2. The molecule has 1 aromatic heterocycles. The lowest BCUT2D eigenvalue weighted by Gasteiger charge is -2.19. The zero-order valence-corrected chi connectivity index (χ0v) is 13.4. The van der Waals surface area contributed by atoms with E-state index in [1.807, 2.05) is 13.0 Å². The Morgan fingerprint density at radius 2 is 1.84 bits per heavy atom. The van der Waals surface area contributed by atoms with Crippen molar-refractivity contribution in [2.75, 3.05) is 5.32 Å². The molecule has 100 valence electrons. The third-order valence-electron chi connectivity index (χ3n) is 3.32. The van der Waals surface area contributed by atoms with Crippen LogP contribution in [-0.2, 0) is 0 Å². The minimum Gasteiger partial charge on any atom is -0.377 e. The predicted molar refractivity (Wildman–Crippen MR) is 84.6 cm³/mol. The van der Waals surface area contributed by atoms with Gasteiger partial charge in [-0.1, -0.05) is 23.8 Å². The fourth-order valence-corrected chi connectivity index (χ4v) is 2.70. The molecule has 1 heterocycles. The first kappa shape index (κ1) is 14.1. The largest absolute Gasteiger partial charge is 0.377 e. The molecule has 0 bridgehead atoms. The Bertz CT molecular complexity index is 593. The summed E-state index contributed by atoms with van der Waals surface area (Å²) < 4.78 is 0.870. The van der Waals surface area contributed by atoms with Gasteiger partial charge in [0.05, 0.1) is 11.4 Å². The maximum atomic E-state index is 4.41. The fraction of sp³-hybridized carbons (Fsp3) is 0.312. The smallest absolute Gasteiger partial charge is 0.106 e. The van der Waals surface area contributed by atoms with Crippen molar-refractivity contribution in [1.82, 2.24) is 4.98 Å². The van der Waals surface area contributed by atoms with E-state index in [-0.39, 0.29) is 6.04 Å². The summed E-state index contributed by atoms with van der Waals surface area (Å²) in [7, 11) is 0. The van der Waals surface area contributed by atoms with E-state index in [2.05, 4.69) is 71.3 Å². The third-order valence-corrected chi connectivity index (χ3v) is 3.76. The molecule has 2 aromatic rings. The molecule has 0 fully saturated rings. The van der Waals surface area contributed by atoms with Crippen LogP contribution in [0, 0.1) is 20.8 Å². The SMILES string of the molecule is Cc1ccc(C(C)Nc2ccc(Br)nc2C)c(C)c1. The van der Waals surface area contributed by atoms with E-state index in [0.717, 1.165) is 16.0 Å². The van der Waals surface area contributed by atoms with Crippen molar-refractivity contribution in [2.24, 2.45) is 0 Å². The number of rotatable bonds is 3. The second-order valence-electron chi connectivity index (χ2n) is 4.99. The van der Waals surface area contributed by atoms with Crippen molar-refractivity contribution < 1.29 is 0 Å². The van der Waals surface area contributed by atoms with E-state index in [4.69, 9.17) is 0 Å². The van der Waals surface area contributed by atoms with Gasteiger partial charge in [0, 0.05) is 6.04 Å². The fourth-order valence-electron chi connectivity index (χ4n) is 2.31. The van der Waals surface area contributed by atoms with Gasteiger partial charge in [0.1, 0.15) is 4.60 Å². The minimum absolute atomic E-state index is 0.266. The van der Waals surface area contributed by atoms with Gasteiger partial charge in [-0.2, -0.15) is 0 Å². The number of aromatic nitrogens is 1. The quantitative estimate of drug-likeness (QED) is 0.810. The van der Waals surface area contributed by atoms with Crippen molar-refractivity contribution in [1.29, 1.82) is 0 Å². The zero-order chi connectivity index (χ0) is 14.0. The maximum Gasteiger partial charge on any atom is 0.106 e. The second kappa shape index (κ2) is 5.74. The van der Waals surface area contributed by atoms with Crippen LogP contribution in [0.25, 0.3) is 0 Å². The third kappa shape index (κ3) is 3.35. The molecule has 1 N–H and O–H groups in total. The topological polar surface area (TPSA) is 24.9 Å². The Labute approximate surface area is 123 Å². The van der Waals surface area contributed by atoms with Crippen molar-refractivity contribution in [3.05, 3.63) is 57.3 Å². The highest BCUT2D eigenvalue weighted by atomic mass is 79.9. The molecule has 1 aromatic carbocycles. The van der Waals surface area contributed by atoms with E-state index in [0.29, 0.717) is 0 Å². The van der Waals surface area contributed by atoms with Gasteiger partial charge in [0.15, 0.2) is 0 Å². The average Bonchev–Trinajstić information content (AvgIpc) is 2.32. The summed E-state index contributed by atoms with van der Waals surface area (Å²) in [6.45, 7) is 8.48. The predicted octanol–water partition coefficient (Wildman–Crippen LogP) is 4.94. The summed E-state index contributed by atoms with van der Waals surface area (Å²) in [5, 5.41) is 3.53. The first-order chi connectivity index (χ1) is 8.97. The number of pyridine rings is 1. The molecule has 2 rings (SSSR count). The van der Waals surface area contributed by atoms with Gasteiger partial charge in [-0.25, -0.2) is 4.98 Å². The number of anilines is 1. The molecule has 0 aliphatic carbocycles. The number of hydrogen-bond acceptors (Lipinski definition) is 2. The second-order valence-corrected chi connectivity index (χ2v) is 5.81. The highest BCUT2D eigenvalue weighted by Gasteiger charge is 2.10. The molecule has 19 heavy (non-hydrogen) atoms. The molecule has 0 saturated carbocycles. The molecule has 0 amide bonds. The lowest BCUT2D eigenvalue weighted by Crippen LogP contribution is -2.09. The summed E-state index contributed by atoms with van der Waals surface area (Å²) in [6.07, 6.45) is 0. The van der Waals surface area contributed by atoms with Gasteiger partial charge in [-0.3, -0.25) is 0 Å². The van der Waals surface area contributed by atoms with Gasteiger partial charge >= 0.3 is 0 Å². The highest BCUT2D eigenvalue weighted by Crippen LogP contribution is 2.25. The van der Waals surface area contributed by atoms with Gasteiger partial charge in [0.2, 0.25) is 0 Å². The van der Waals surface area contributed by atoms with Crippen LogP contribution in [0.2, 0.25) is 0 Å². The first-order valence-electron chi connectivity index (χ1n) is 6.44. The van der Waals surface area contributed by atoms with E-state index >= 15 is 0 Å². The molecule has 1 atom stereocenters. The Hall–Kier alpha value is -1.35. The van der Waals surface area contributed by atoms with Gasteiger partial charge < -0.3 is 5.32 Å². The summed E-state index contributed by atoms with van der Waals surface area (Å²) in [4.78, 5) is 4.41. The normalized spacial score (nSPS) is 12.3. The number of benzene rings is 1. The monoisotopic (exact) mass is 318 g/mol. The number of halogens is 1. The molecule has 0 radical (unpaired) electrons. The molecule has 2 nitrogen and oxygen atoms in total. The average molecular weight is 319 g/mol. The molecule has 3 heteroatoms. The summed E-state index contributed by atoms with van der Waals surface area (Å²) in [5.74, 6) is 0. The number of hydrogen-bond donors (Lipinski definition) is 1. The van der Waals surface area contributed by atoms with Crippen LogP contribution in [0.3, 0.4) is 0 Å².